The molecule has 0 radical (unpaired) electrons. The van der Waals surface area contributed by atoms with Crippen LogP contribution in [0, 0.1) is 0 Å². The smallest absolute Gasteiger partial charge is 0.282 e. The Morgan fingerprint density at radius 1 is 0.657 bits per heavy atom. The van der Waals surface area contributed by atoms with Gasteiger partial charge < -0.3 is 9.47 Å². The standard InChI is InChI=1S/C24H19BrN2O6S2/c1-32-16-7-11-18(12-8-16)34(28,29)26-23-15-22(25)24(21-6-4-3-5-20(21)23)27-35(30,31)19-13-9-17(33-2)10-14-19/h3-15H,1-2H3. The second kappa shape index (κ2) is 9.76. The maximum Gasteiger partial charge on any atom is 0.282 e. The molecule has 0 spiro atoms. The van der Waals surface area contributed by atoms with Gasteiger partial charge in [0.1, 0.15) is 11.5 Å². The third-order valence-corrected chi connectivity index (χ3v) is 8.29. The van der Waals surface area contributed by atoms with Crippen LogP contribution in [-0.2, 0) is 20.0 Å². The van der Waals surface area contributed by atoms with E-state index in [2.05, 4.69) is 24.7 Å². The number of rotatable bonds is 6. The molecule has 35 heavy (non-hydrogen) atoms. The number of halogens is 1. The summed E-state index contributed by atoms with van der Waals surface area (Å²) >= 11 is 3.35. The van der Waals surface area contributed by atoms with Gasteiger partial charge in [0, 0.05) is 15.6 Å². The summed E-state index contributed by atoms with van der Waals surface area (Å²) in [5.41, 5.74) is 1.13. The van der Waals surface area contributed by atoms with Crippen LogP contribution >= 0.6 is 15.9 Å². The van der Waals surface area contributed by atoms with E-state index in [1.165, 1.54) is 68.8 Å². The van der Waals surface area contributed by atoms with E-state index in [9.17, 15) is 16.8 Å². The van der Waals surface area contributed by atoms with Crippen molar-refractivity contribution in [3.8, 4) is 11.5 Å². The van der Waals surface area contributed by atoms with Crippen LogP contribution in [0.15, 0.2) is 102 Å². The molecule has 0 aliphatic heterocycles. The molecular weight excluding hydrogens is 556 g/mol. The molecule has 3 aromatic rings. The minimum atomic E-state index is -4.07. The zero-order chi connectivity index (χ0) is 25.2. The summed E-state index contributed by atoms with van der Waals surface area (Å²) < 4.78 is 70.4. The Labute approximate surface area is 211 Å². The molecule has 8 nitrogen and oxygen atoms in total. The monoisotopic (exact) mass is 574 g/mol. The third-order valence-electron chi connectivity index (χ3n) is 5.09. The van der Waals surface area contributed by atoms with E-state index >= 15 is 0 Å². The Balaban J connectivity index is 1.80. The highest BCUT2D eigenvalue weighted by atomic mass is 79.9. The molecule has 0 unspecified atom stereocenters. The molecule has 0 bridgehead atoms. The first kappa shape index (κ1) is 24.8. The third kappa shape index (κ3) is 5.21. The van der Waals surface area contributed by atoms with Crippen molar-refractivity contribution in [2.75, 3.05) is 14.2 Å². The Morgan fingerprint density at radius 2 is 1.11 bits per heavy atom. The van der Waals surface area contributed by atoms with Crippen LogP contribution in [0.3, 0.4) is 0 Å². The minimum absolute atomic E-state index is 0.00523. The highest BCUT2D eigenvalue weighted by molar-refractivity contribution is 9.12. The average Bonchev–Trinajstić information content (AvgIpc) is 2.86. The summed E-state index contributed by atoms with van der Waals surface area (Å²) in [6.45, 7) is 0. The number of methoxy groups -OCH3 is 2. The van der Waals surface area contributed by atoms with Gasteiger partial charge in [-0.05, 0) is 70.5 Å². The number of hydrogen-bond acceptors (Lipinski definition) is 6. The number of ether oxygens (including phenoxy) is 2. The fourth-order valence-electron chi connectivity index (χ4n) is 3.33. The van der Waals surface area contributed by atoms with Gasteiger partial charge in [-0.3, -0.25) is 0 Å². The van der Waals surface area contributed by atoms with Crippen LogP contribution in [0.25, 0.3) is 0 Å². The van der Waals surface area contributed by atoms with Gasteiger partial charge in [-0.1, -0.05) is 24.3 Å². The molecule has 0 atom stereocenters. The van der Waals surface area contributed by atoms with E-state index in [1.807, 2.05) is 0 Å². The van der Waals surface area contributed by atoms with Crippen molar-refractivity contribution >= 4 is 47.4 Å². The summed E-state index contributed by atoms with van der Waals surface area (Å²) in [7, 11) is -5.16. The molecule has 11 heteroatoms. The molecule has 0 aromatic heterocycles. The molecule has 0 saturated heterocycles. The van der Waals surface area contributed by atoms with E-state index in [1.54, 1.807) is 24.3 Å². The summed E-state index contributed by atoms with van der Waals surface area (Å²) in [5, 5.41) is 0. The molecule has 0 saturated carbocycles. The highest BCUT2D eigenvalue weighted by Gasteiger charge is 2.26. The van der Waals surface area contributed by atoms with Crippen LogP contribution in [0.4, 0.5) is 0 Å². The molecule has 3 aromatic carbocycles. The first-order valence-electron chi connectivity index (χ1n) is 10.1. The largest absolute Gasteiger partial charge is 0.497 e. The number of hydrogen-bond donors (Lipinski definition) is 0. The number of fused-ring (bicyclic) bond motifs is 1. The van der Waals surface area contributed by atoms with Crippen LogP contribution in [-0.4, -0.2) is 42.5 Å². The average molecular weight is 575 g/mol. The molecular formula is C24H19BrN2O6S2. The lowest BCUT2D eigenvalue weighted by Crippen LogP contribution is -2.18. The summed E-state index contributed by atoms with van der Waals surface area (Å²) in [5.74, 6) is 1.03. The maximum absolute atomic E-state index is 13.0. The second-order valence-corrected chi connectivity index (χ2v) is 11.3. The lowest BCUT2D eigenvalue weighted by atomic mass is 9.94. The SMILES string of the molecule is COc1ccc(S(=O)(=O)N=C2C=C(Br)C(=NS(=O)(=O)c3ccc(OC)cc3)c3ccccc32)cc1. The Morgan fingerprint density at radius 3 is 1.60 bits per heavy atom. The van der Waals surface area contributed by atoms with Gasteiger partial charge in [0.05, 0.1) is 35.4 Å². The molecule has 0 fully saturated rings. The molecule has 1 aliphatic rings. The van der Waals surface area contributed by atoms with E-state index in [4.69, 9.17) is 9.47 Å². The fourth-order valence-corrected chi connectivity index (χ4v) is 5.98. The van der Waals surface area contributed by atoms with Gasteiger partial charge in [0.15, 0.2) is 0 Å². The molecule has 0 heterocycles. The lowest BCUT2D eigenvalue weighted by Gasteiger charge is -2.17. The first-order valence-corrected chi connectivity index (χ1v) is 13.8. The summed E-state index contributed by atoms with van der Waals surface area (Å²) in [6, 6.07) is 18.4. The van der Waals surface area contributed by atoms with E-state index in [0.29, 0.717) is 22.6 Å². The van der Waals surface area contributed by atoms with E-state index < -0.39 is 20.0 Å². The van der Waals surface area contributed by atoms with Gasteiger partial charge in [-0.2, -0.15) is 25.6 Å². The fraction of sp³-hybridized carbons (Fsp3) is 0.0833. The van der Waals surface area contributed by atoms with Crippen LogP contribution in [0.5, 0.6) is 11.5 Å². The van der Waals surface area contributed by atoms with Crippen molar-refractivity contribution < 1.29 is 26.3 Å². The van der Waals surface area contributed by atoms with Gasteiger partial charge in [0.2, 0.25) is 0 Å². The summed E-state index contributed by atoms with van der Waals surface area (Å²) in [6.07, 6.45) is 1.44. The molecule has 0 amide bonds. The van der Waals surface area contributed by atoms with Gasteiger partial charge in [-0.25, -0.2) is 0 Å². The zero-order valence-electron chi connectivity index (χ0n) is 18.5. The summed E-state index contributed by atoms with van der Waals surface area (Å²) in [4.78, 5) is -0.0144. The van der Waals surface area contributed by atoms with Crippen molar-refractivity contribution in [2.45, 2.75) is 9.79 Å². The number of sulfonamides is 2. The highest BCUT2D eigenvalue weighted by Crippen LogP contribution is 2.29. The van der Waals surface area contributed by atoms with Crippen molar-refractivity contribution in [2.24, 2.45) is 8.80 Å². The predicted octanol–water partition coefficient (Wildman–Crippen LogP) is 4.35. The number of nitrogens with zero attached hydrogens (tertiary/aromatic N) is 2. The van der Waals surface area contributed by atoms with Crippen molar-refractivity contribution in [3.05, 3.63) is 94.5 Å². The molecule has 4 rings (SSSR count). The predicted molar refractivity (Wildman–Crippen MR) is 137 cm³/mol. The molecule has 1 aliphatic carbocycles. The van der Waals surface area contributed by atoms with E-state index in [-0.39, 0.29) is 25.7 Å². The van der Waals surface area contributed by atoms with Crippen molar-refractivity contribution in [1.82, 2.24) is 0 Å². The topological polar surface area (TPSA) is 111 Å². The molecule has 0 N–H and O–H groups in total. The zero-order valence-corrected chi connectivity index (χ0v) is 21.8. The second-order valence-electron chi connectivity index (χ2n) is 7.26. The van der Waals surface area contributed by atoms with Crippen LogP contribution in [0.2, 0.25) is 0 Å². The van der Waals surface area contributed by atoms with Crippen molar-refractivity contribution in [1.29, 1.82) is 0 Å². The normalized spacial score (nSPS) is 16.0. The number of benzene rings is 3. The first-order chi connectivity index (χ1) is 16.6. The van der Waals surface area contributed by atoms with Gasteiger partial charge >= 0.3 is 0 Å². The quantitative estimate of drug-likeness (QED) is 0.432. The Bertz CT molecular complexity index is 1580. The number of allylic oxidation sites excluding steroid dienone is 2. The molecule has 180 valence electrons. The Hall–Kier alpha value is -3.28. The van der Waals surface area contributed by atoms with Gasteiger partial charge in [-0.15, -0.1) is 0 Å². The maximum atomic E-state index is 13.0. The van der Waals surface area contributed by atoms with Crippen LogP contribution < -0.4 is 9.47 Å². The minimum Gasteiger partial charge on any atom is -0.497 e. The van der Waals surface area contributed by atoms with E-state index in [0.717, 1.165) is 0 Å². The van der Waals surface area contributed by atoms with Crippen LogP contribution in [0.1, 0.15) is 11.1 Å². The van der Waals surface area contributed by atoms with Gasteiger partial charge in [0.25, 0.3) is 20.0 Å². The Kier molecular flexibility index (Phi) is 6.93. The lowest BCUT2D eigenvalue weighted by molar-refractivity contribution is 0.414. The van der Waals surface area contributed by atoms with Crippen molar-refractivity contribution in [3.63, 3.8) is 0 Å².